The predicted octanol–water partition coefficient (Wildman–Crippen LogP) is 4.20. The third kappa shape index (κ3) is 6.35. The van der Waals surface area contributed by atoms with Gasteiger partial charge in [0.15, 0.2) is 0 Å². The summed E-state index contributed by atoms with van der Waals surface area (Å²) in [5, 5.41) is 16.0. The predicted molar refractivity (Wildman–Crippen MR) is 129 cm³/mol. The van der Waals surface area contributed by atoms with Crippen LogP contribution in [0.5, 0.6) is 5.75 Å². The lowest BCUT2D eigenvalue weighted by molar-refractivity contribution is -0.137. The van der Waals surface area contributed by atoms with Crippen molar-refractivity contribution in [1.29, 1.82) is 0 Å². The first-order valence-electron chi connectivity index (χ1n) is 11.2. The van der Waals surface area contributed by atoms with Crippen molar-refractivity contribution in [1.82, 2.24) is 9.97 Å². The SMILES string of the molecule is O=C(O)CC(Nc1ccc2c(c1)OCCN2CCCCNc1ccccn1)c1cccnc1. The Kier molecular flexibility index (Phi) is 7.58. The van der Waals surface area contributed by atoms with Crippen molar-refractivity contribution < 1.29 is 14.6 Å². The lowest BCUT2D eigenvalue weighted by atomic mass is 10.1. The number of unbranched alkanes of at least 4 members (excludes halogenated alkanes) is 1. The topological polar surface area (TPSA) is 99.6 Å². The maximum atomic E-state index is 11.4. The number of carboxylic acids is 1. The van der Waals surface area contributed by atoms with Gasteiger partial charge in [-0.15, -0.1) is 0 Å². The molecule has 1 unspecified atom stereocenters. The molecule has 3 heterocycles. The molecule has 8 heteroatoms. The number of anilines is 3. The zero-order chi connectivity index (χ0) is 22.9. The van der Waals surface area contributed by atoms with Crippen LogP contribution >= 0.6 is 0 Å². The number of aliphatic carboxylic acids is 1. The molecule has 1 aliphatic rings. The van der Waals surface area contributed by atoms with Crippen LogP contribution in [-0.2, 0) is 4.79 Å². The molecule has 0 saturated carbocycles. The first-order valence-corrected chi connectivity index (χ1v) is 11.2. The van der Waals surface area contributed by atoms with E-state index in [4.69, 9.17) is 4.74 Å². The van der Waals surface area contributed by atoms with Gasteiger partial charge in [-0.3, -0.25) is 9.78 Å². The summed E-state index contributed by atoms with van der Waals surface area (Å²) in [5.41, 5.74) is 2.73. The second-order valence-electron chi connectivity index (χ2n) is 7.95. The molecule has 33 heavy (non-hydrogen) atoms. The quantitative estimate of drug-likeness (QED) is 0.376. The molecule has 3 aromatic rings. The molecular formula is C25H29N5O3. The summed E-state index contributed by atoms with van der Waals surface area (Å²) in [4.78, 5) is 22.1. The first kappa shape index (κ1) is 22.4. The Bertz CT molecular complexity index is 1030. The van der Waals surface area contributed by atoms with Gasteiger partial charge in [-0.25, -0.2) is 4.98 Å². The highest BCUT2D eigenvalue weighted by Gasteiger charge is 2.20. The lowest BCUT2D eigenvalue weighted by Gasteiger charge is -2.32. The van der Waals surface area contributed by atoms with Gasteiger partial charge >= 0.3 is 5.97 Å². The van der Waals surface area contributed by atoms with E-state index in [1.165, 1.54) is 0 Å². The van der Waals surface area contributed by atoms with Gasteiger partial charge in [-0.05, 0) is 48.7 Å². The van der Waals surface area contributed by atoms with E-state index >= 15 is 0 Å². The number of nitrogens with one attached hydrogen (secondary N) is 2. The number of carboxylic acid groups (broad SMARTS) is 1. The van der Waals surface area contributed by atoms with Gasteiger partial charge in [0.05, 0.1) is 24.7 Å². The third-order valence-electron chi connectivity index (χ3n) is 5.55. The number of pyridine rings is 2. The van der Waals surface area contributed by atoms with Gasteiger partial charge in [0.1, 0.15) is 18.2 Å². The van der Waals surface area contributed by atoms with Crippen molar-refractivity contribution in [2.75, 3.05) is 41.8 Å². The maximum Gasteiger partial charge on any atom is 0.305 e. The molecule has 172 valence electrons. The summed E-state index contributed by atoms with van der Waals surface area (Å²) in [6.45, 7) is 3.31. The normalized spacial score (nSPS) is 13.5. The fourth-order valence-electron chi connectivity index (χ4n) is 3.92. The monoisotopic (exact) mass is 447 g/mol. The number of benzene rings is 1. The molecule has 2 aromatic heterocycles. The fourth-order valence-corrected chi connectivity index (χ4v) is 3.92. The van der Waals surface area contributed by atoms with Gasteiger partial charge < -0.3 is 25.4 Å². The van der Waals surface area contributed by atoms with Crippen molar-refractivity contribution in [3.05, 3.63) is 72.7 Å². The van der Waals surface area contributed by atoms with Crippen LogP contribution in [0.2, 0.25) is 0 Å². The number of rotatable bonds is 11. The van der Waals surface area contributed by atoms with Crippen LogP contribution in [0.15, 0.2) is 67.1 Å². The zero-order valence-electron chi connectivity index (χ0n) is 18.5. The van der Waals surface area contributed by atoms with Crippen LogP contribution in [0.4, 0.5) is 17.2 Å². The van der Waals surface area contributed by atoms with Crippen LogP contribution in [0.25, 0.3) is 0 Å². The molecule has 0 aliphatic carbocycles. The second kappa shape index (κ2) is 11.2. The Hall–Kier alpha value is -3.81. The van der Waals surface area contributed by atoms with E-state index in [0.29, 0.717) is 6.61 Å². The number of hydrogen-bond acceptors (Lipinski definition) is 7. The highest BCUT2D eigenvalue weighted by molar-refractivity contribution is 5.70. The maximum absolute atomic E-state index is 11.4. The minimum Gasteiger partial charge on any atom is -0.489 e. The molecule has 0 saturated heterocycles. The van der Waals surface area contributed by atoms with Crippen LogP contribution < -0.4 is 20.3 Å². The van der Waals surface area contributed by atoms with Crippen LogP contribution in [0, 0.1) is 0 Å². The Balaban J connectivity index is 1.34. The largest absolute Gasteiger partial charge is 0.489 e. The summed E-state index contributed by atoms with van der Waals surface area (Å²) in [5.74, 6) is 0.856. The Labute approximate surface area is 193 Å². The third-order valence-corrected chi connectivity index (χ3v) is 5.55. The fraction of sp³-hybridized carbons (Fsp3) is 0.320. The van der Waals surface area contributed by atoms with E-state index in [9.17, 15) is 9.90 Å². The van der Waals surface area contributed by atoms with Crippen LogP contribution in [0.3, 0.4) is 0 Å². The minimum absolute atomic E-state index is 0.0394. The van der Waals surface area contributed by atoms with Gasteiger partial charge in [0, 0.05) is 43.4 Å². The van der Waals surface area contributed by atoms with Gasteiger partial charge in [-0.2, -0.15) is 0 Å². The molecule has 4 rings (SSSR count). The summed E-state index contributed by atoms with van der Waals surface area (Å²) >= 11 is 0. The minimum atomic E-state index is -0.866. The lowest BCUT2D eigenvalue weighted by Crippen LogP contribution is -2.33. The van der Waals surface area contributed by atoms with Crippen molar-refractivity contribution in [3.8, 4) is 5.75 Å². The molecule has 1 aromatic carbocycles. The van der Waals surface area contributed by atoms with E-state index in [2.05, 4.69) is 25.5 Å². The van der Waals surface area contributed by atoms with Gasteiger partial charge in [0.25, 0.3) is 0 Å². The highest BCUT2D eigenvalue weighted by atomic mass is 16.5. The van der Waals surface area contributed by atoms with E-state index in [1.54, 1.807) is 18.6 Å². The number of nitrogens with zero attached hydrogens (tertiary/aromatic N) is 3. The van der Waals surface area contributed by atoms with Gasteiger partial charge in [-0.1, -0.05) is 12.1 Å². The number of aromatic nitrogens is 2. The molecule has 3 N–H and O–H groups in total. The summed E-state index contributed by atoms with van der Waals surface area (Å²) in [7, 11) is 0. The molecule has 0 bridgehead atoms. The van der Waals surface area contributed by atoms with E-state index in [-0.39, 0.29) is 12.5 Å². The van der Waals surface area contributed by atoms with Crippen LogP contribution in [-0.4, -0.2) is 47.3 Å². The van der Waals surface area contributed by atoms with Crippen molar-refractivity contribution in [2.45, 2.75) is 25.3 Å². The number of ether oxygens (including phenoxy) is 1. The number of fused-ring (bicyclic) bond motifs is 1. The first-order chi connectivity index (χ1) is 16.2. The standard InChI is InChI=1S/C25H29N5O3/c31-25(32)17-21(19-6-5-10-26-18-19)29-20-8-9-22-23(16-20)33-15-14-30(22)13-4-3-12-28-24-7-1-2-11-27-24/h1-2,5-11,16,18,21,29H,3-4,12-15,17H2,(H,27,28)(H,31,32). The van der Waals surface area contributed by atoms with Crippen molar-refractivity contribution in [3.63, 3.8) is 0 Å². The number of carbonyl (C=O) groups is 1. The highest BCUT2D eigenvalue weighted by Crippen LogP contribution is 2.35. The number of hydrogen-bond donors (Lipinski definition) is 3. The Morgan fingerprint density at radius 2 is 2.09 bits per heavy atom. The van der Waals surface area contributed by atoms with Gasteiger partial charge in [0.2, 0.25) is 0 Å². The van der Waals surface area contributed by atoms with E-state index in [0.717, 1.165) is 61.0 Å². The smallest absolute Gasteiger partial charge is 0.305 e. The molecular weight excluding hydrogens is 418 g/mol. The molecule has 8 nitrogen and oxygen atoms in total. The Morgan fingerprint density at radius 1 is 1.15 bits per heavy atom. The molecule has 0 amide bonds. The van der Waals surface area contributed by atoms with E-state index < -0.39 is 5.97 Å². The summed E-state index contributed by atoms with van der Waals surface area (Å²) in [6.07, 6.45) is 7.22. The Morgan fingerprint density at radius 3 is 2.88 bits per heavy atom. The molecule has 1 atom stereocenters. The van der Waals surface area contributed by atoms with Crippen molar-refractivity contribution >= 4 is 23.2 Å². The average Bonchev–Trinajstić information content (AvgIpc) is 2.84. The van der Waals surface area contributed by atoms with Crippen LogP contribution in [0.1, 0.15) is 30.9 Å². The molecule has 1 aliphatic heterocycles. The second-order valence-corrected chi connectivity index (χ2v) is 7.95. The molecule has 0 fully saturated rings. The summed E-state index contributed by atoms with van der Waals surface area (Å²) < 4.78 is 5.92. The van der Waals surface area contributed by atoms with E-state index in [1.807, 2.05) is 48.5 Å². The average molecular weight is 448 g/mol. The molecule has 0 spiro atoms. The van der Waals surface area contributed by atoms with Crippen molar-refractivity contribution in [2.24, 2.45) is 0 Å². The summed E-state index contributed by atoms with van der Waals surface area (Å²) in [6, 6.07) is 15.2. The zero-order valence-corrected chi connectivity index (χ0v) is 18.5. The molecule has 0 radical (unpaired) electrons.